The second-order valence-corrected chi connectivity index (χ2v) is 6.30. The van der Waals surface area contributed by atoms with Crippen molar-refractivity contribution in [1.82, 2.24) is 14.5 Å². The third-order valence-electron chi connectivity index (χ3n) is 4.63. The number of carbonyl (C=O) groups is 2. The number of hydrogen-bond acceptors (Lipinski definition) is 4. The molecule has 2 amide bonds. The summed E-state index contributed by atoms with van der Waals surface area (Å²) in [6.45, 7) is 3.40. The maximum atomic E-state index is 12.7. The molecule has 1 aromatic carbocycles. The minimum absolute atomic E-state index is 0.240. The fraction of sp³-hybridized carbons (Fsp3) is 0.500. The van der Waals surface area contributed by atoms with Crippen molar-refractivity contribution in [3.8, 4) is 0 Å². The number of rotatable bonds is 6. The zero-order valence-electron chi connectivity index (χ0n) is 14.6. The summed E-state index contributed by atoms with van der Waals surface area (Å²) in [6.07, 6.45) is 2.38. The van der Waals surface area contributed by atoms with Crippen molar-refractivity contribution in [2.45, 2.75) is 38.6 Å². The van der Waals surface area contributed by atoms with E-state index in [-0.39, 0.29) is 18.0 Å². The van der Waals surface area contributed by atoms with E-state index in [2.05, 4.69) is 5.32 Å². The number of benzene rings is 1. The Balaban J connectivity index is 1.93. The van der Waals surface area contributed by atoms with Crippen molar-refractivity contribution in [3.05, 3.63) is 34.2 Å². The first-order chi connectivity index (χ1) is 12.0. The van der Waals surface area contributed by atoms with E-state index < -0.39 is 11.9 Å². The summed E-state index contributed by atoms with van der Waals surface area (Å²) < 4.78 is 8.42. The number of nitrogens with zero attached hydrogens (tertiary/aromatic N) is 2. The van der Waals surface area contributed by atoms with E-state index in [1.165, 1.54) is 4.57 Å². The number of aromatic nitrogens is 2. The number of amides is 2. The van der Waals surface area contributed by atoms with E-state index >= 15 is 0 Å². The van der Waals surface area contributed by atoms with Crippen LogP contribution in [0.2, 0.25) is 0 Å². The molecule has 25 heavy (non-hydrogen) atoms. The molecule has 1 atom stereocenters. The van der Waals surface area contributed by atoms with Gasteiger partial charge in [-0.25, -0.2) is 4.79 Å². The molecule has 1 saturated heterocycles. The van der Waals surface area contributed by atoms with Gasteiger partial charge in [0.1, 0.15) is 6.04 Å². The molecule has 134 valence electrons. The molecule has 1 fully saturated rings. The number of carbonyl (C=O) groups excluding carboxylic acids is 2. The van der Waals surface area contributed by atoms with Gasteiger partial charge in [0.05, 0.1) is 11.0 Å². The first kappa shape index (κ1) is 17.4. The average molecular weight is 345 g/mol. The van der Waals surface area contributed by atoms with Gasteiger partial charge in [0, 0.05) is 26.7 Å². The van der Waals surface area contributed by atoms with Crippen LogP contribution in [0.15, 0.2) is 23.0 Å². The number of aryl methyl sites for hydroxylation is 2. The minimum atomic E-state index is -0.641. The van der Waals surface area contributed by atoms with Crippen molar-refractivity contribution in [2.75, 3.05) is 13.2 Å². The Labute approximate surface area is 145 Å². The molecule has 7 nitrogen and oxygen atoms in total. The molecule has 1 aliphatic rings. The Hall–Kier alpha value is -2.41. The van der Waals surface area contributed by atoms with E-state index in [1.807, 2.05) is 25.1 Å². The summed E-state index contributed by atoms with van der Waals surface area (Å²) in [5, 5.41) is 2.32. The van der Waals surface area contributed by atoms with Crippen LogP contribution in [-0.2, 0) is 27.8 Å². The van der Waals surface area contributed by atoms with Gasteiger partial charge in [0.2, 0.25) is 11.8 Å². The molecule has 0 aliphatic carbocycles. The minimum Gasteiger partial charge on any atom is -0.382 e. The van der Waals surface area contributed by atoms with E-state index in [9.17, 15) is 14.4 Å². The highest BCUT2D eigenvalue weighted by Gasteiger charge is 2.31. The van der Waals surface area contributed by atoms with Crippen molar-refractivity contribution in [3.63, 3.8) is 0 Å². The summed E-state index contributed by atoms with van der Waals surface area (Å²) in [7, 11) is 1.71. The smallest absolute Gasteiger partial charge is 0.329 e. The molecule has 1 aromatic heterocycles. The maximum absolute atomic E-state index is 12.7. The third-order valence-corrected chi connectivity index (χ3v) is 4.63. The Morgan fingerprint density at radius 2 is 2.04 bits per heavy atom. The molecule has 0 radical (unpaired) electrons. The largest absolute Gasteiger partial charge is 0.382 e. The summed E-state index contributed by atoms with van der Waals surface area (Å²) in [5.41, 5.74) is 2.40. The molecule has 0 bridgehead atoms. The number of fused-ring (bicyclic) bond motifs is 1. The van der Waals surface area contributed by atoms with Crippen LogP contribution in [-0.4, -0.2) is 34.2 Å². The lowest BCUT2D eigenvalue weighted by atomic mass is 10.1. The van der Waals surface area contributed by atoms with E-state index in [0.29, 0.717) is 19.6 Å². The van der Waals surface area contributed by atoms with E-state index in [4.69, 9.17) is 4.74 Å². The van der Waals surface area contributed by atoms with Crippen molar-refractivity contribution >= 4 is 22.8 Å². The van der Waals surface area contributed by atoms with Crippen LogP contribution in [0.25, 0.3) is 11.0 Å². The van der Waals surface area contributed by atoms with Gasteiger partial charge in [0.15, 0.2) is 0 Å². The second kappa shape index (κ2) is 7.23. The van der Waals surface area contributed by atoms with Crippen LogP contribution < -0.4 is 11.0 Å². The SMILES string of the molecule is CCOCCCc1ccc2c(c1)n(C)c(=O)n2C1CCC(=O)NC1=O. The summed E-state index contributed by atoms with van der Waals surface area (Å²) in [5.74, 6) is -0.697. The number of piperidine rings is 1. The monoisotopic (exact) mass is 345 g/mol. The van der Waals surface area contributed by atoms with Gasteiger partial charge < -0.3 is 4.74 Å². The highest BCUT2D eigenvalue weighted by atomic mass is 16.5. The number of imidazole rings is 1. The van der Waals surface area contributed by atoms with Crippen molar-refractivity contribution < 1.29 is 14.3 Å². The van der Waals surface area contributed by atoms with Crippen LogP contribution in [0.5, 0.6) is 0 Å². The molecular weight excluding hydrogens is 322 g/mol. The summed E-state index contributed by atoms with van der Waals surface area (Å²) >= 11 is 0. The average Bonchev–Trinajstić information content (AvgIpc) is 2.83. The molecule has 1 N–H and O–H groups in total. The summed E-state index contributed by atoms with van der Waals surface area (Å²) in [6, 6.07) is 5.22. The number of hydrogen-bond donors (Lipinski definition) is 1. The predicted octanol–water partition coefficient (Wildman–Crippen LogP) is 1.29. The molecule has 2 heterocycles. The highest BCUT2D eigenvalue weighted by Crippen LogP contribution is 2.24. The number of nitrogens with one attached hydrogen (secondary N) is 1. The fourth-order valence-corrected chi connectivity index (χ4v) is 3.32. The van der Waals surface area contributed by atoms with Gasteiger partial charge in [-0.2, -0.15) is 0 Å². The summed E-state index contributed by atoms with van der Waals surface area (Å²) in [4.78, 5) is 36.2. The maximum Gasteiger partial charge on any atom is 0.329 e. The normalized spacial score (nSPS) is 17.9. The quantitative estimate of drug-likeness (QED) is 0.632. The molecule has 0 spiro atoms. The van der Waals surface area contributed by atoms with Gasteiger partial charge in [-0.3, -0.25) is 24.0 Å². The predicted molar refractivity (Wildman–Crippen MR) is 93.4 cm³/mol. The van der Waals surface area contributed by atoms with Gasteiger partial charge in [-0.1, -0.05) is 6.07 Å². The molecule has 2 aromatic rings. The van der Waals surface area contributed by atoms with E-state index in [0.717, 1.165) is 29.4 Å². The van der Waals surface area contributed by atoms with Crippen molar-refractivity contribution in [2.24, 2.45) is 7.05 Å². The Kier molecular flexibility index (Phi) is 5.03. The topological polar surface area (TPSA) is 82.3 Å². The van der Waals surface area contributed by atoms with Gasteiger partial charge in [-0.05, 0) is 43.9 Å². The first-order valence-corrected chi connectivity index (χ1v) is 8.64. The number of ether oxygens (including phenoxy) is 1. The standard InChI is InChI=1S/C18H23N3O4/c1-3-25-10-4-5-12-6-7-13-15(11-12)20(2)18(24)21(13)14-8-9-16(22)19-17(14)23/h6-7,11,14H,3-5,8-10H2,1-2H3,(H,19,22,23). The van der Waals surface area contributed by atoms with Crippen LogP contribution in [0.3, 0.4) is 0 Å². The third kappa shape index (κ3) is 3.37. The van der Waals surface area contributed by atoms with Crippen LogP contribution >= 0.6 is 0 Å². The van der Waals surface area contributed by atoms with Gasteiger partial charge >= 0.3 is 5.69 Å². The Morgan fingerprint density at radius 3 is 2.76 bits per heavy atom. The molecule has 1 aliphatic heterocycles. The first-order valence-electron chi connectivity index (χ1n) is 8.64. The molecule has 3 rings (SSSR count). The van der Waals surface area contributed by atoms with Gasteiger partial charge in [0.25, 0.3) is 0 Å². The van der Waals surface area contributed by atoms with E-state index in [1.54, 1.807) is 11.6 Å². The lowest BCUT2D eigenvalue weighted by molar-refractivity contribution is -0.135. The lowest BCUT2D eigenvalue weighted by Gasteiger charge is -2.21. The van der Waals surface area contributed by atoms with Crippen LogP contribution in [0.4, 0.5) is 0 Å². The molecule has 0 saturated carbocycles. The second-order valence-electron chi connectivity index (χ2n) is 6.30. The zero-order valence-corrected chi connectivity index (χ0v) is 14.6. The molecular formula is C18H23N3O4. The number of imide groups is 1. The Morgan fingerprint density at radius 1 is 1.24 bits per heavy atom. The molecule has 7 heteroatoms. The van der Waals surface area contributed by atoms with Gasteiger partial charge in [-0.15, -0.1) is 0 Å². The molecule has 1 unspecified atom stereocenters. The zero-order chi connectivity index (χ0) is 18.0. The van der Waals surface area contributed by atoms with Crippen molar-refractivity contribution in [1.29, 1.82) is 0 Å². The highest BCUT2D eigenvalue weighted by molar-refractivity contribution is 6.00. The van der Waals surface area contributed by atoms with Crippen LogP contribution in [0, 0.1) is 0 Å². The Bertz CT molecular complexity index is 865. The lowest BCUT2D eigenvalue weighted by Crippen LogP contribution is -2.44. The van der Waals surface area contributed by atoms with Crippen LogP contribution in [0.1, 0.15) is 37.8 Å². The fourth-order valence-electron chi connectivity index (χ4n) is 3.32.